The maximum atomic E-state index is 12.4. The number of anilines is 1. The van der Waals surface area contributed by atoms with Gasteiger partial charge in [-0.1, -0.05) is 17.7 Å². The Hall–Kier alpha value is -1.93. The standard InChI is InChI=1S/C14H14BrClN4O3/c1-7-4-5-10(6-11(7)16)17-14(21)9(3)19-8(2)12(15)13(18-19)20(22)23/h4-6,9H,1-3H3,(H,17,21)/t9-/m0/s1. The molecule has 1 N–H and O–H groups in total. The number of nitrogens with one attached hydrogen (secondary N) is 1. The van der Waals surface area contributed by atoms with Crippen LogP contribution in [-0.2, 0) is 4.79 Å². The molecule has 9 heteroatoms. The molecule has 1 heterocycles. The summed E-state index contributed by atoms with van der Waals surface area (Å²) in [5.74, 6) is -0.668. The molecule has 0 spiro atoms. The predicted molar refractivity (Wildman–Crippen MR) is 90.8 cm³/mol. The van der Waals surface area contributed by atoms with Gasteiger partial charge in [0.2, 0.25) is 0 Å². The van der Waals surface area contributed by atoms with Crippen molar-refractivity contribution in [3.63, 3.8) is 0 Å². The minimum atomic E-state index is -0.722. The minimum absolute atomic E-state index is 0.264. The molecule has 0 bridgehead atoms. The molecule has 0 aliphatic rings. The number of amides is 1. The monoisotopic (exact) mass is 400 g/mol. The van der Waals surface area contributed by atoms with Crippen molar-refractivity contribution in [3.05, 3.63) is 49.1 Å². The summed E-state index contributed by atoms with van der Waals surface area (Å²) in [5, 5.41) is 18.1. The van der Waals surface area contributed by atoms with Crippen LogP contribution in [0.2, 0.25) is 5.02 Å². The Labute approximate surface area is 145 Å². The highest BCUT2D eigenvalue weighted by Gasteiger charge is 2.29. The topological polar surface area (TPSA) is 90.1 Å². The van der Waals surface area contributed by atoms with E-state index in [0.717, 1.165) is 5.56 Å². The Morgan fingerprint density at radius 3 is 2.65 bits per heavy atom. The van der Waals surface area contributed by atoms with Gasteiger partial charge in [-0.05, 0) is 59.3 Å². The molecule has 1 aromatic carbocycles. The van der Waals surface area contributed by atoms with Crippen LogP contribution in [0.1, 0.15) is 24.2 Å². The summed E-state index contributed by atoms with van der Waals surface area (Å²) in [7, 11) is 0. The van der Waals surface area contributed by atoms with Gasteiger partial charge in [-0.25, -0.2) is 0 Å². The fourth-order valence-corrected chi connectivity index (χ4v) is 2.59. The summed E-state index contributed by atoms with van der Waals surface area (Å²) in [5.41, 5.74) is 1.96. The lowest BCUT2D eigenvalue weighted by molar-refractivity contribution is -0.390. The van der Waals surface area contributed by atoms with Crippen molar-refractivity contribution in [2.75, 3.05) is 5.32 Å². The second-order valence-electron chi connectivity index (χ2n) is 5.05. The quantitative estimate of drug-likeness (QED) is 0.619. The van der Waals surface area contributed by atoms with Crippen LogP contribution in [0.15, 0.2) is 22.7 Å². The van der Waals surface area contributed by atoms with Crippen LogP contribution < -0.4 is 5.32 Å². The number of aromatic nitrogens is 2. The molecule has 23 heavy (non-hydrogen) atoms. The summed E-state index contributed by atoms with van der Waals surface area (Å²) in [6.45, 7) is 5.12. The number of hydrogen-bond acceptors (Lipinski definition) is 4. The Kier molecular flexibility index (Phi) is 5.06. The number of nitrogens with zero attached hydrogens (tertiary/aromatic N) is 3. The molecular formula is C14H14BrClN4O3. The molecule has 0 aliphatic carbocycles. The highest BCUT2D eigenvalue weighted by atomic mass is 79.9. The third-order valence-electron chi connectivity index (χ3n) is 3.42. The van der Waals surface area contributed by atoms with Crippen molar-refractivity contribution in [1.29, 1.82) is 0 Å². The van der Waals surface area contributed by atoms with Crippen molar-refractivity contribution in [3.8, 4) is 0 Å². The van der Waals surface area contributed by atoms with Crippen LogP contribution >= 0.6 is 27.5 Å². The van der Waals surface area contributed by atoms with Crippen LogP contribution in [0.5, 0.6) is 0 Å². The van der Waals surface area contributed by atoms with E-state index in [9.17, 15) is 14.9 Å². The zero-order valence-electron chi connectivity index (χ0n) is 12.6. The zero-order valence-corrected chi connectivity index (χ0v) is 15.0. The number of halogens is 2. The highest BCUT2D eigenvalue weighted by molar-refractivity contribution is 9.10. The lowest BCUT2D eigenvalue weighted by Crippen LogP contribution is -2.25. The first-order valence-electron chi connectivity index (χ1n) is 6.68. The Bertz CT molecular complexity index is 791. The largest absolute Gasteiger partial charge is 0.404 e. The summed E-state index contributed by atoms with van der Waals surface area (Å²) in [6.07, 6.45) is 0. The normalized spacial score (nSPS) is 12.0. The molecule has 2 aromatic rings. The van der Waals surface area contributed by atoms with Gasteiger partial charge in [0, 0.05) is 10.7 Å². The summed E-state index contributed by atoms with van der Waals surface area (Å²) < 4.78 is 1.58. The molecule has 0 radical (unpaired) electrons. The van der Waals surface area contributed by atoms with Gasteiger partial charge in [0.05, 0.1) is 10.8 Å². The molecule has 0 aliphatic heterocycles. The molecule has 0 saturated carbocycles. The molecule has 1 atom stereocenters. The SMILES string of the molecule is Cc1ccc(NC(=O)[C@H](C)n2nc([N+](=O)[O-])c(Br)c2C)cc1Cl. The molecule has 0 fully saturated rings. The third kappa shape index (κ3) is 3.53. The van der Waals surface area contributed by atoms with E-state index in [1.807, 2.05) is 6.92 Å². The van der Waals surface area contributed by atoms with E-state index < -0.39 is 11.0 Å². The lowest BCUT2D eigenvalue weighted by Gasteiger charge is -2.12. The van der Waals surface area contributed by atoms with Gasteiger partial charge in [-0.3, -0.25) is 4.79 Å². The molecule has 122 valence electrons. The van der Waals surface area contributed by atoms with Gasteiger partial charge in [-0.2, -0.15) is 4.68 Å². The fourth-order valence-electron chi connectivity index (χ4n) is 2.01. The van der Waals surface area contributed by atoms with Crippen LogP contribution in [0.25, 0.3) is 0 Å². The van der Waals surface area contributed by atoms with Crippen molar-refractivity contribution < 1.29 is 9.72 Å². The average molecular weight is 402 g/mol. The van der Waals surface area contributed by atoms with E-state index in [4.69, 9.17) is 11.6 Å². The number of nitro groups is 1. The number of carbonyl (C=O) groups excluding carboxylic acids is 1. The summed E-state index contributed by atoms with van der Waals surface area (Å²) in [4.78, 5) is 22.7. The van der Waals surface area contributed by atoms with Crippen molar-refractivity contribution >= 4 is 44.9 Å². The van der Waals surface area contributed by atoms with Gasteiger partial charge >= 0.3 is 5.82 Å². The number of aryl methyl sites for hydroxylation is 1. The van der Waals surface area contributed by atoms with Gasteiger partial charge < -0.3 is 15.4 Å². The van der Waals surface area contributed by atoms with Gasteiger partial charge in [0.25, 0.3) is 5.91 Å². The number of hydrogen-bond donors (Lipinski definition) is 1. The second-order valence-corrected chi connectivity index (χ2v) is 6.25. The smallest absolute Gasteiger partial charge is 0.358 e. The van der Waals surface area contributed by atoms with E-state index in [1.54, 1.807) is 32.0 Å². The predicted octanol–water partition coefficient (Wildman–Crippen LogP) is 4.02. The van der Waals surface area contributed by atoms with Crippen LogP contribution in [0, 0.1) is 24.0 Å². The van der Waals surface area contributed by atoms with E-state index >= 15 is 0 Å². The van der Waals surface area contributed by atoms with Gasteiger partial charge in [-0.15, -0.1) is 0 Å². The first-order chi connectivity index (χ1) is 10.7. The first-order valence-corrected chi connectivity index (χ1v) is 7.85. The number of benzene rings is 1. The average Bonchev–Trinajstić information content (AvgIpc) is 2.78. The Morgan fingerprint density at radius 2 is 2.13 bits per heavy atom. The molecule has 1 amide bonds. The van der Waals surface area contributed by atoms with E-state index in [2.05, 4.69) is 26.3 Å². The van der Waals surface area contributed by atoms with Gasteiger partial charge in [0.1, 0.15) is 10.5 Å². The van der Waals surface area contributed by atoms with E-state index in [-0.39, 0.29) is 16.2 Å². The summed E-state index contributed by atoms with van der Waals surface area (Å²) >= 11 is 9.16. The van der Waals surface area contributed by atoms with Crippen LogP contribution in [-0.4, -0.2) is 20.6 Å². The van der Waals surface area contributed by atoms with E-state index in [1.165, 1.54) is 4.68 Å². The molecule has 0 saturated heterocycles. The van der Waals surface area contributed by atoms with Crippen molar-refractivity contribution in [1.82, 2.24) is 9.78 Å². The number of rotatable bonds is 4. The highest BCUT2D eigenvalue weighted by Crippen LogP contribution is 2.29. The molecule has 2 rings (SSSR count). The minimum Gasteiger partial charge on any atom is -0.358 e. The maximum absolute atomic E-state index is 12.4. The first kappa shape index (κ1) is 17.4. The van der Waals surface area contributed by atoms with E-state index in [0.29, 0.717) is 16.4 Å². The Morgan fingerprint density at radius 1 is 1.48 bits per heavy atom. The van der Waals surface area contributed by atoms with Crippen molar-refractivity contribution in [2.45, 2.75) is 26.8 Å². The van der Waals surface area contributed by atoms with Crippen LogP contribution in [0.3, 0.4) is 0 Å². The molecule has 7 nitrogen and oxygen atoms in total. The molecule has 0 unspecified atom stereocenters. The van der Waals surface area contributed by atoms with Crippen molar-refractivity contribution in [2.24, 2.45) is 0 Å². The van der Waals surface area contributed by atoms with Crippen LogP contribution in [0.4, 0.5) is 11.5 Å². The molecule has 1 aromatic heterocycles. The summed E-state index contributed by atoms with van der Waals surface area (Å²) in [6, 6.07) is 4.46. The Balaban J connectivity index is 2.24. The maximum Gasteiger partial charge on any atom is 0.404 e. The second kappa shape index (κ2) is 6.67. The van der Waals surface area contributed by atoms with Gasteiger partial charge in [0.15, 0.2) is 0 Å². The fraction of sp³-hybridized carbons (Fsp3) is 0.286. The third-order valence-corrected chi connectivity index (χ3v) is 4.75. The molecular weight excluding hydrogens is 388 g/mol. The number of carbonyl (C=O) groups is 1. The lowest BCUT2D eigenvalue weighted by atomic mass is 10.2. The zero-order chi connectivity index (χ0) is 17.3.